The summed E-state index contributed by atoms with van der Waals surface area (Å²) < 4.78 is 5.43. The second-order valence-corrected chi connectivity index (χ2v) is 17.9. The Hall–Kier alpha value is -1.92. The lowest BCUT2D eigenvalue weighted by molar-refractivity contribution is -0.143. The van der Waals surface area contributed by atoms with Crippen molar-refractivity contribution in [2.45, 2.75) is 283 Å². The van der Waals surface area contributed by atoms with Crippen LogP contribution in [0.2, 0.25) is 0 Å². The Morgan fingerprint density at radius 2 is 0.833 bits per heavy atom. The Balaban J connectivity index is 3.48. The van der Waals surface area contributed by atoms with Crippen molar-refractivity contribution in [3.8, 4) is 0 Å². The highest BCUT2D eigenvalue weighted by atomic mass is 16.5. The van der Waals surface area contributed by atoms with Gasteiger partial charge < -0.3 is 20.3 Å². The lowest BCUT2D eigenvalue weighted by atomic mass is 10.0. The minimum absolute atomic E-state index is 0.0232. The lowest BCUT2D eigenvalue weighted by Gasteiger charge is -2.22. The molecule has 0 aliphatic heterocycles. The van der Waals surface area contributed by atoms with Gasteiger partial charge in [0.1, 0.15) is 0 Å². The van der Waals surface area contributed by atoms with Crippen LogP contribution in [-0.2, 0) is 14.3 Å². The average Bonchev–Trinajstić information content (AvgIpc) is 3.25. The molecule has 3 N–H and O–H groups in total. The molecule has 0 aliphatic carbocycles. The zero-order chi connectivity index (χ0) is 43.7. The number of hydrogen-bond acceptors (Lipinski definition) is 5. The fourth-order valence-corrected chi connectivity index (χ4v) is 7.86. The molecule has 0 aromatic carbocycles. The van der Waals surface area contributed by atoms with Crippen molar-refractivity contribution in [2.75, 3.05) is 13.2 Å². The molecular formula is C54H101NO5. The van der Waals surface area contributed by atoms with Gasteiger partial charge in [0.15, 0.2) is 0 Å². The van der Waals surface area contributed by atoms with Gasteiger partial charge >= 0.3 is 5.97 Å². The molecule has 0 saturated carbocycles. The van der Waals surface area contributed by atoms with E-state index in [1.54, 1.807) is 0 Å². The Labute approximate surface area is 373 Å². The smallest absolute Gasteiger partial charge is 0.305 e. The van der Waals surface area contributed by atoms with E-state index in [1.807, 2.05) is 0 Å². The summed E-state index contributed by atoms with van der Waals surface area (Å²) in [6, 6.07) is -0.548. The largest absolute Gasteiger partial charge is 0.466 e. The molecule has 0 fully saturated rings. The van der Waals surface area contributed by atoms with Crippen molar-refractivity contribution in [3.63, 3.8) is 0 Å². The molecule has 2 atom stereocenters. The third kappa shape index (κ3) is 45.6. The normalized spacial score (nSPS) is 12.9. The van der Waals surface area contributed by atoms with Crippen molar-refractivity contribution in [1.82, 2.24) is 5.32 Å². The van der Waals surface area contributed by atoms with Crippen molar-refractivity contribution >= 4 is 11.9 Å². The zero-order valence-electron chi connectivity index (χ0n) is 39.9. The van der Waals surface area contributed by atoms with E-state index in [2.05, 4.69) is 55.6 Å². The second kappa shape index (κ2) is 49.7. The molecule has 1 amide bonds. The third-order valence-electron chi connectivity index (χ3n) is 11.9. The maximum Gasteiger partial charge on any atom is 0.305 e. The van der Waals surface area contributed by atoms with Gasteiger partial charge in [-0.3, -0.25) is 9.59 Å². The molecule has 0 heterocycles. The fraction of sp³-hybridized carbons (Fsp3) is 0.852. The predicted octanol–water partition coefficient (Wildman–Crippen LogP) is 15.7. The fourth-order valence-electron chi connectivity index (χ4n) is 7.86. The quantitative estimate of drug-likeness (QED) is 0.0245. The SMILES string of the molecule is CCCCCC/C=C\CCCCCCCC(=O)OCCCCC/C=C\C=C/CCCCCCCCCCCCC(=O)NC(CO)C(O)CCCCCCCCCCCCC. The maximum absolute atomic E-state index is 12.4. The van der Waals surface area contributed by atoms with Gasteiger partial charge in [0.05, 0.1) is 25.4 Å². The Morgan fingerprint density at radius 3 is 1.30 bits per heavy atom. The lowest BCUT2D eigenvalue weighted by Crippen LogP contribution is -2.45. The van der Waals surface area contributed by atoms with Crippen LogP contribution < -0.4 is 5.32 Å². The first kappa shape index (κ1) is 58.1. The van der Waals surface area contributed by atoms with E-state index in [4.69, 9.17) is 4.74 Å². The van der Waals surface area contributed by atoms with Crippen LogP contribution in [0.15, 0.2) is 36.5 Å². The number of rotatable bonds is 48. The van der Waals surface area contributed by atoms with Crippen molar-refractivity contribution < 1.29 is 24.5 Å². The predicted molar refractivity (Wildman–Crippen MR) is 259 cm³/mol. The summed E-state index contributed by atoms with van der Waals surface area (Å²) in [5.74, 6) is -0.0700. The average molecular weight is 844 g/mol. The summed E-state index contributed by atoms with van der Waals surface area (Å²) >= 11 is 0. The number of allylic oxidation sites excluding steroid dienone is 6. The molecule has 0 aromatic rings. The number of amides is 1. The molecule has 60 heavy (non-hydrogen) atoms. The van der Waals surface area contributed by atoms with Crippen LogP contribution in [0.25, 0.3) is 0 Å². The van der Waals surface area contributed by atoms with Crippen molar-refractivity contribution in [3.05, 3.63) is 36.5 Å². The molecule has 0 spiro atoms. The van der Waals surface area contributed by atoms with Gasteiger partial charge in [-0.1, -0.05) is 211 Å². The van der Waals surface area contributed by atoms with E-state index in [1.165, 1.54) is 167 Å². The van der Waals surface area contributed by atoms with Crippen LogP contribution in [0.4, 0.5) is 0 Å². The van der Waals surface area contributed by atoms with Gasteiger partial charge in [-0.05, 0) is 83.5 Å². The maximum atomic E-state index is 12.4. The Kier molecular flexibility index (Phi) is 48.1. The molecule has 6 nitrogen and oxygen atoms in total. The summed E-state index contributed by atoms with van der Waals surface area (Å²) in [6.45, 7) is 4.88. The summed E-state index contributed by atoms with van der Waals surface area (Å²) in [7, 11) is 0. The number of hydrogen-bond donors (Lipinski definition) is 3. The first-order valence-corrected chi connectivity index (χ1v) is 26.3. The highest BCUT2D eigenvalue weighted by molar-refractivity contribution is 5.76. The molecule has 0 rings (SSSR count). The van der Waals surface area contributed by atoms with Crippen LogP contribution in [0.1, 0.15) is 271 Å². The molecular weight excluding hydrogens is 743 g/mol. The third-order valence-corrected chi connectivity index (χ3v) is 11.9. The zero-order valence-corrected chi connectivity index (χ0v) is 39.9. The first-order valence-electron chi connectivity index (χ1n) is 26.3. The molecule has 0 aliphatic rings. The monoisotopic (exact) mass is 844 g/mol. The standard InChI is InChI=1S/C54H101NO5/c1-3-5-7-9-11-13-15-23-28-32-36-40-44-48-54(59)60-49-45-41-37-33-29-25-22-20-18-16-17-19-21-24-27-31-35-39-43-47-53(58)55-51(50-56)52(57)46-42-38-34-30-26-14-12-10-8-6-4-2/h13,15,20,22,25,29,51-52,56-57H,3-12,14,16-19,21,23-24,26-28,30-50H2,1-2H3,(H,55,58)/b15-13-,22-20-,29-25-. The minimum Gasteiger partial charge on any atom is -0.466 e. The van der Waals surface area contributed by atoms with Crippen LogP contribution in [0.5, 0.6) is 0 Å². The number of esters is 1. The summed E-state index contributed by atoms with van der Waals surface area (Å²) in [6.07, 6.45) is 59.8. The van der Waals surface area contributed by atoms with E-state index in [0.29, 0.717) is 25.9 Å². The number of carbonyl (C=O) groups excluding carboxylic acids is 2. The van der Waals surface area contributed by atoms with Crippen molar-refractivity contribution in [1.29, 1.82) is 0 Å². The van der Waals surface area contributed by atoms with Gasteiger partial charge in [-0.25, -0.2) is 0 Å². The van der Waals surface area contributed by atoms with E-state index in [-0.39, 0.29) is 18.5 Å². The summed E-state index contributed by atoms with van der Waals surface area (Å²) in [5.41, 5.74) is 0. The summed E-state index contributed by atoms with van der Waals surface area (Å²) in [4.78, 5) is 24.4. The van der Waals surface area contributed by atoms with Crippen LogP contribution >= 0.6 is 0 Å². The number of ether oxygens (including phenoxy) is 1. The highest BCUT2D eigenvalue weighted by Crippen LogP contribution is 2.16. The number of aliphatic hydroxyl groups is 2. The van der Waals surface area contributed by atoms with Crippen LogP contribution in [-0.4, -0.2) is 47.4 Å². The Morgan fingerprint density at radius 1 is 0.467 bits per heavy atom. The van der Waals surface area contributed by atoms with E-state index >= 15 is 0 Å². The number of unbranched alkanes of at least 4 members (excludes halogenated alkanes) is 32. The molecule has 2 unspecified atom stereocenters. The molecule has 0 aromatic heterocycles. The molecule has 0 radical (unpaired) electrons. The van der Waals surface area contributed by atoms with Gasteiger partial charge in [0.25, 0.3) is 0 Å². The van der Waals surface area contributed by atoms with Crippen LogP contribution in [0.3, 0.4) is 0 Å². The van der Waals surface area contributed by atoms with Gasteiger partial charge in [0.2, 0.25) is 5.91 Å². The number of nitrogens with one attached hydrogen (secondary N) is 1. The summed E-state index contributed by atoms with van der Waals surface area (Å²) in [5, 5.41) is 23.1. The van der Waals surface area contributed by atoms with Gasteiger partial charge in [-0.15, -0.1) is 0 Å². The van der Waals surface area contributed by atoms with E-state index in [0.717, 1.165) is 70.6 Å². The van der Waals surface area contributed by atoms with Crippen molar-refractivity contribution in [2.24, 2.45) is 0 Å². The van der Waals surface area contributed by atoms with Crippen LogP contribution in [0, 0.1) is 0 Å². The van der Waals surface area contributed by atoms with E-state index < -0.39 is 12.1 Å². The second-order valence-electron chi connectivity index (χ2n) is 17.9. The molecule has 6 heteroatoms. The Bertz CT molecular complexity index is 977. The van der Waals surface area contributed by atoms with Gasteiger partial charge in [0, 0.05) is 12.8 Å². The molecule has 0 saturated heterocycles. The first-order chi connectivity index (χ1) is 29.5. The minimum atomic E-state index is -0.670. The highest BCUT2D eigenvalue weighted by Gasteiger charge is 2.20. The molecule has 0 bridgehead atoms. The van der Waals surface area contributed by atoms with Gasteiger partial charge in [-0.2, -0.15) is 0 Å². The topological polar surface area (TPSA) is 95.9 Å². The number of aliphatic hydroxyl groups excluding tert-OH is 2. The van der Waals surface area contributed by atoms with E-state index in [9.17, 15) is 19.8 Å². The molecule has 352 valence electrons. The number of carbonyl (C=O) groups is 2.